The molecule has 0 bridgehead atoms. The molecule has 11 aromatic rings. The van der Waals surface area contributed by atoms with Crippen molar-refractivity contribution in [3.8, 4) is 29.0 Å². The number of fused-ring (bicyclic) bond motifs is 9. The second-order valence-corrected chi connectivity index (χ2v) is 14.8. The van der Waals surface area contributed by atoms with Crippen LogP contribution in [0.25, 0.3) is 95.1 Å². The number of nitrogens with zero attached hydrogens (tertiary/aromatic N) is 6. The Morgan fingerprint density at radius 1 is 0.368 bits per heavy atom. The Bertz CT molecular complexity index is 3350. The molecule has 0 fully saturated rings. The Morgan fingerprint density at radius 3 is 1.54 bits per heavy atom. The molecule has 268 valence electrons. The number of rotatable bonds is 5. The van der Waals surface area contributed by atoms with Crippen LogP contribution in [-0.2, 0) is 6.42 Å². The zero-order chi connectivity index (χ0) is 37.5. The quantitative estimate of drug-likeness (QED) is 0.177. The number of aromatic nitrogens is 6. The molecule has 0 unspecified atom stereocenters. The van der Waals surface area contributed by atoms with Gasteiger partial charge in [0.25, 0.3) is 0 Å². The number of hydrogen-bond donors (Lipinski definition) is 0. The molecule has 0 atom stereocenters. The molecule has 12 rings (SSSR count). The van der Waals surface area contributed by atoms with Crippen molar-refractivity contribution in [2.24, 2.45) is 0 Å². The predicted octanol–water partition coefficient (Wildman–Crippen LogP) is 12.2. The predicted molar refractivity (Wildman–Crippen MR) is 233 cm³/mol. The van der Waals surface area contributed by atoms with Crippen LogP contribution >= 0.6 is 0 Å². The maximum Gasteiger partial charge on any atom is 0.240 e. The minimum absolute atomic E-state index is 0.586. The van der Waals surface area contributed by atoms with Crippen molar-refractivity contribution in [3.63, 3.8) is 0 Å². The third-order valence-corrected chi connectivity index (χ3v) is 11.7. The average Bonchev–Trinajstić information content (AvgIpc) is 3.92. The Labute approximate surface area is 328 Å². The topological polar surface area (TPSA) is 53.5 Å². The van der Waals surface area contributed by atoms with Crippen molar-refractivity contribution in [1.29, 1.82) is 0 Å². The molecule has 6 nitrogen and oxygen atoms in total. The lowest BCUT2D eigenvalue weighted by molar-refractivity contribution is 0.868. The SMILES string of the molecule is C1=C(c2ccc3c(c2)c2ccccc2n3-c2ccccc2)CCc2c1n(-c1nc(-c3ccccc3)nc(-n3c4ccccc4c4ccccc43)n1)c1ccccc21. The molecule has 6 heteroatoms. The smallest absolute Gasteiger partial charge is 0.240 e. The lowest BCUT2D eigenvalue weighted by Gasteiger charge is -2.18. The molecule has 7 aromatic carbocycles. The number of aryl methyl sites for hydroxylation is 1. The van der Waals surface area contributed by atoms with Gasteiger partial charge in [-0.25, -0.2) is 0 Å². The van der Waals surface area contributed by atoms with Gasteiger partial charge in [-0.3, -0.25) is 9.13 Å². The van der Waals surface area contributed by atoms with E-state index in [2.05, 4.69) is 178 Å². The molecule has 0 N–H and O–H groups in total. The van der Waals surface area contributed by atoms with Gasteiger partial charge in [-0.15, -0.1) is 0 Å². The fourth-order valence-corrected chi connectivity index (χ4v) is 9.12. The van der Waals surface area contributed by atoms with Gasteiger partial charge in [-0.05, 0) is 84.1 Å². The third kappa shape index (κ3) is 4.87. The van der Waals surface area contributed by atoms with E-state index < -0.39 is 0 Å². The van der Waals surface area contributed by atoms with Crippen LogP contribution in [0.4, 0.5) is 0 Å². The van der Waals surface area contributed by atoms with Gasteiger partial charge in [-0.1, -0.05) is 127 Å². The van der Waals surface area contributed by atoms with Gasteiger partial charge in [0.05, 0.1) is 33.3 Å². The van der Waals surface area contributed by atoms with Gasteiger partial charge < -0.3 is 4.57 Å². The third-order valence-electron chi connectivity index (χ3n) is 11.7. The van der Waals surface area contributed by atoms with E-state index in [-0.39, 0.29) is 0 Å². The Kier molecular flexibility index (Phi) is 6.95. The monoisotopic (exact) mass is 730 g/mol. The van der Waals surface area contributed by atoms with Crippen molar-refractivity contribution >= 4 is 66.2 Å². The van der Waals surface area contributed by atoms with Crippen LogP contribution in [0.3, 0.4) is 0 Å². The van der Waals surface area contributed by atoms with Crippen LogP contribution in [0.2, 0.25) is 0 Å². The van der Waals surface area contributed by atoms with E-state index in [1.807, 2.05) is 18.2 Å². The first-order chi connectivity index (χ1) is 28.3. The molecule has 57 heavy (non-hydrogen) atoms. The van der Waals surface area contributed by atoms with Gasteiger partial charge in [0.15, 0.2) is 5.82 Å². The molecular formula is C51H34N6. The highest BCUT2D eigenvalue weighted by Gasteiger charge is 2.25. The molecule has 0 radical (unpaired) electrons. The van der Waals surface area contributed by atoms with E-state index in [1.165, 1.54) is 43.9 Å². The maximum absolute atomic E-state index is 5.38. The van der Waals surface area contributed by atoms with Crippen molar-refractivity contribution in [3.05, 3.63) is 193 Å². The summed E-state index contributed by atoms with van der Waals surface area (Å²) in [7, 11) is 0. The minimum Gasteiger partial charge on any atom is -0.309 e. The molecular weight excluding hydrogens is 697 g/mol. The average molecular weight is 731 g/mol. The molecule has 0 aliphatic heterocycles. The number of hydrogen-bond acceptors (Lipinski definition) is 3. The Morgan fingerprint density at radius 2 is 0.877 bits per heavy atom. The van der Waals surface area contributed by atoms with Crippen molar-refractivity contribution in [1.82, 2.24) is 28.7 Å². The van der Waals surface area contributed by atoms with E-state index in [0.717, 1.165) is 57.1 Å². The number of allylic oxidation sites excluding steroid dienone is 1. The number of benzene rings is 7. The highest BCUT2D eigenvalue weighted by Crippen LogP contribution is 2.41. The lowest BCUT2D eigenvalue weighted by atomic mass is 9.90. The first-order valence-corrected chi connectivity index (χ1v) is 19.5. The standard InChI is InChI=1S/C51H34N6/c1-3-15-33(16-4-1)49-52-50(56-44-24-12-7-19-37(44)38-20-8-13-25-45(38)56)54-51(53-49)57-46-26-14-9-21-39(46)41-29-27-35(32-48(41)57)34-28-30-47-42(31-34)40-22-10-11-23-43(40)55(47)36-17-5-2-6-18-36/h1-26,28,30-32H,27,29H2. The molecule has 1 aliphatic carbocycles. The zero-order valence-corrected chi connectivity index (χ0v) is 30.9. The summed E-state index contributed by atoms with van der Waals surface area (Å²) in [4.78, 5) is 15.9. The summed E-state index contributed by atoms with van der Waals surface area (Å²) in [5.41, 5.74) is 12.7. The fraction of sp³-hybridized carbons (Fsp3) is 0.0392. The second kappa shape index (κ2) is 12.5. The highest BCUT2D eigenvalue weighted by atomic mass is 15.3. The summed E-state index contributed by atoms with van der Waals surface area (Å²) < 4.78 is 6.82. The summed E-state index contributed by atoms with van der Waals surface area (Å²) >= 11 is 0. The summed E-state index contributed by atoms with van der Waals surface area (Å²) in [6, 6.07) is 62.3. The molecule has 0 spiro atoms. The molecule has 0 saturated carbocycles. The van der Waals surface area contributed by atoms with Crippen LogP contribution in [0, 0.1) is 0 Å². The zero-order valence-electron chi connectivity index (χ0n) is 30.9. The van der Waals surface area contributed by atoms with Crippen molar-refractivity contribution in [2.75, 3.05) is 0 Å². The van der Waals surface area contributed by atoms with Gasteiger partial charge in [-0.2, -0.15) is 15.0 Å². The number of para-hydroxylation sites is 5. The van der Waals surface area contributed by atoms with E-state index in [4.69, 9.17) is 15.0 Å². The van der Waals surface area contributed by atoms with E-state index in [1.54, 1.807) is 0 Å². The molecule has 0 amide bonds. The second-order valence-electron chi connectivity index (χ2n) is 14.8. The normalized spacial score (nSPS) is 12.9. The first-order valence-electron chi connectivity index (χ1n) is 19.5. The summed E-state index contributed by atoms with van der Waals surface area (Å²) in [5.74, 6) is 1.81. The van der Waals surface area contributed by atoms with Gasteiger partial charge in [0, 0.05) is 38.2 Å². The summed E-state index contributed by atoms with van der Waals surface area (Å²) in [6.45, 7) is 0. The lowest BCUT2D eigenvalue weighted by Crippen LogP contribution is -2.12. The van der Waals surface area contributed by atoms with Crippen LogP contribution < -0.4 is 0 Å². The molecule has 1 aliphatic rings. The Balaban J connectivity index is 1.09. The van der Waals surface area contributed by atoms with Crippen molar-refractivity contribution < 1.29 is 0 Å². The van der Waals surface area contributed by atoms with Crippen LogP contribution in [0.5, 0.6) is 0 Å². The fourth-order valence-electron chi connectivity index (χ4n) is 9.12. The van der Waals surface area contributed by atoms with Crippen LogP contribution in [0.15, 0.2) is 176 Å². The largest absolute Gasteiger partial charge is 0.309 e. The molecule has 0 saturated heterocycles. The first kappa shape index (κ1) is 31.7. The van der Waals surface area contributed by atoms with Gasteiger partial charge >= 0.3 is 0 Å². The Hall–Kier alpha value is -7.57. The maximum atomic E-state index is 5.38. The van der Waals surface area contributed by atoms with E-state index in [0.29, 0.717) is 17.7 Å². The summed E-state index contributed by atoms with van der Waals surface area (Å²) in [6.07, 6.45) is 4.22. The minimum atomic E-state index is 0.586. The van der Waals surface area contributed by atoms with Gasteiger partial charge in [0.1, 0.15) is 0 Å². The van der Waals surface area contributed by atoms with E-state index >= 15 is 0 Å². The van der Waals surface area contributed by atoms with E-state index in [9.17, 15) is 0 Å². The van der Waals surface area contributed by atoms with Crippen molar-refractivity contribution in [2.45, 2.75) is 12.8 Å². The molecule has 4 heterocycles. The highest BCUT2D eigenvalue weighted by molar-refractivity contribution is 6.11. The molecule has 4 aromatic heterocycles. The summed E-state index contributed by atoms with van der Waals surface area (Å²) in [5, 5.41) is 6.05. The van der Waals surface area contributed by atoms with Crippen LogP contribution in [-0.4, -0.2) is 28.7 Å². The van der Waals surface area contributed by atoms with Crippen LogP contribution in [0.1, 0.15) is 23.2 Å². The van der Waals surface area contributed by atoms with Gasteiger partial charge in [0.2, 0.25) is 11.9 Å².